The molecule has 21 heavy (non-hydrogen) atoms. The van der Waals surface area contributed by atoms with Gasteiger partial charge >= 0.3 is 0 Å². The minimum absolute atomic E-state index is 0.0229. The quantitative estimate of drug-likeness (QED) is 0.918. The number of ether oxygens (including phenoxy) is 2. The summed E-state index contributed by atoms with van der Waals surface area (Å²) in [6, 6.07) is 11.2. The van der Waals surface area contributed by atoms with E-state index in [-0.39, 0.29) is 18.8 Å². The molecule has 0 fully saturated rings. The van der Waals surface area contributed by atoms with Gasteiger partial charge in [-0.25, -0.2) is 4.39 Å². The second-order valence-corrected chi connectivity index (χ2v) is 4.31. The van der Waals surface area contributed by atoms with Crippen molar-refractivity contribution in [1.82, 2.24) is 0 Å². The highest BCUT2D eigenvalue weighted by molar-refractivity contribution is 5.46. The number of benzene rings is 2. The standard InChI is InChI=1S/C16H14FNO3/c1-20-15-4-2-3-12(9-19)16(15)21-10-13-6-5-11(8-18)7-14(13)17/h2-7,19H,9-10H2,1H3. The van der Waals surface area contributed by atoms with Gasteiger partial charge in [0.05, 0.1) is 25.3 Å². The maximum Gasteiger partial charge on any atom is 0.167 e. The van der Waals surface area contributed by atoms with Crippen molar-refractivity contribution in [2.45, 2.75) is 13.2 Å². The number of rotatable bonds is 5. The molecule has 0 saturated carbocycles. The highest BCUT2D eigenvalue weighted by atomic mass is 19.1. The van der Waals surface area contributed by atoms with E-state index >= 15 is 0 Å². The van der Waals surface area contributed by atoms with Gasteiger partial charge in [0, 0.05) is 11.1 Å². The molecule has 0 bridgehead atoms. The molecule has 0 atom stereocenters. The number of aliphatic hydroxyl groups excluding tert-OH is 1. The third-order valence-electron chi connectivity index (χ3n) is 3.00. The first-order chi connectivity index (χ1) is 10.2. The van der Waals surface area contributed by atoms with Gasteiger partial charge in [0.15, 0.2) is 11.5 Å². The highest BCUT2D eigenvalue weighted by Gasteiger charge is 2.11. The van der Waals surface area contributed by atoms with Crippen molar-refractivity contribution in [1.29, 1.82) is 5.26 Å². The monoisotopic (exact) mass is 287 g/mol. The molecule has 0 heterocycles. The van der Waals surface area contributed by atoms with Crippen molar-refractivity contribution in [3.8, 4) is 17.6 Å². The zero-order valence-corrected chi connectivity index (χ0v) is 11.5. The Morgan fingerprint density at radius 1 is 1.24 bits per heavy atom. The van der Waals surface area contributed by atoms with Gasteiger partial charge in [-0.15, -0.1) is 0 Å². The molecule has 0 unspecified atom stereocenters. The summed E-state index contributed by atoms with van der Waals surface area (Å²) >= 11 is 0. The number of hydrogen-bond acceptors (Lipinski definition) is 4. The Balaban J connectivity index is 2.22. The van der Waals surface area contributed by atoms with Crippen LogP contribution in [0.5, 0.6) is 11.5 Å². The molecule has 0 aliphatic rings. The van der Waals surface area contributed by atoms with E-state index < -0.39 is 5.82 Å². The van der Waals surface area contributed by atoms with E-state index in [1.54, 1.807) is 18.2 Å². The van der Waals surface area contributed by atoms with Crippen LogP contribution in [0.15, 0.2) is 36.4 Å². The second-order valence-electron chi connectivity index (χ2n) is 4.31. The fraction of sp³-hybridized carbons (Fsp3) is 0.188. The molecule has 0 amide bonds. The molecule has 1 N–H and O–H groups in total. The number of aliphatic hydroxyl groups is 1. The third-order valence-corrected chi connectivity index (χ3v) is 3.00. The molecule has 0 aromatic heterocycles. The van der Waals surface area contributed by atoms with Gasteiger partial charge in [-0.2, -0.15) is 5.26 Å². The fourth-order valence-corrected chi connectivity index (χ4v) is 1.89. The minimum atomic E-state index is -0.505. The van der Waals surface area contributed by atoms with Crippen LogP contribution in [-0.2, 0) is 13.2 Å². The first-order valence-corrected chi connectivity index (χ1v) is 6.27. The summed E-state index contributed by atoms with van der Waals surface area (Å²) in [7, 11) is 1.49. The second kappa shape index (κ2) is 6.73. The van der Waals surface area contributed by atoms with Gasteiger partial charge in [-0.1, -0.05) is 18.2 Å². The minimum Gasteiger partial charge on any atom is -0.493 e. The Labute approximate surface area is 122 Å². The Hall–Kier alpha value is -2.58. The van der Waals surface area contributed by atoms with E-state index in [1.807, 2.05) is 6.07 Å². The van der Waals surface area contributed by atoms with E-state index in [1.165, 1.54) is 19.2 Å². The van der Waals surface area contributed by atoms with Crippen LogP contribution in [-0.4, -0.2) is 12.2 Å². The van der Waals surface area contributed by atoms with Gasteiger partial charge in [0.25, 0.3) is 0 Å². The summed E-state index contributed by atoms with van der Waals surface area (Å²) in [6.45, 7) is -0.229. The van der Waals surface area contributed by atoms with E-state index in [0.717, 1.165) is 6.07 Å². The van der Waals surface area contributed by atoms with Crippen molar-refractivity contribution < 1.29 is 19.0 Å². The molecular formula is C16H14FNO3. The van der Waals surface area contributed by atoms with Crippen LogP contribution in [0.4, 0.5) is 4.39 Å². The lowest BCUT2D eigenvalue weighted by molar-refractivity contribution is 0.248. The Bertz CT molecular complexity index is 657. The maximum atomic E-state index is 13.8. The molecular weight excluding hydrogens is 273 g/mol. The molecule has 0 spiro atoms. The van der Waals surface area contributed by atoms with E-state index in [2.05, 4.69) is 0 Å². The van der Waals surface area contributed by atoms with E-state index in [9.17, 15) is 9.50 Å². The summed E-state index contributed by atoms with van der Waals surface area (Å²) in [5, 5.41) is 18.0. The molecule has 2 aromatic carbocycles. The van der Waals surface area contributed by atoms with Gasteiger partial charge < -0.3 is 14.6 Å². The van der Waals surface area contributed by atoms with E-state index in [0.29, 0.717) is 22.6 Å². The van der Waals surface area contributed by atoms with Crippen LogP contribution in [0.1, 0.15) is 16.7 Å². The van der Waals surface area contributed by atoms with Crippen molar-refractivity contribution in [2.75, 3.05) is 7.11 Å². The van der Waals surface area contributed by atoms with Gasteiger partial charge in [-0.3, -0.25) is 0 Å². The van der Waals surface area contributed by atoms with Crippen LogP contribution in [0, 0.1) is 17.1 Å². The number of para-hydroxylation sites is 1. The van der Waals surface area contributed by atoms with Crippen LogP contribution >= 0.6 is 0 Å². The normalized spacial score (nSPS) is 10.0. The summed E-state index contributed by atoms with van der Waals surface area (Å²) < 4.78 is 24.5. The summed E-state index contributed by atoms with van der Waals surface area (Å²) in [6.07, 6.45) is 0. The van der Waals surface area contributed by atoms with Gasteiger partial charge in [0.2, 0.25) is 0 Å². The average molecular weight is 287 g/mol. The zero-order valence-electron chi connectivity index (χ0n) is 11.5. The number of hydrogen-bond donors (Lipinski definition) is 1. The van der Waals surface area contributed by atoms with E-state index in [4.69, 9.17) is 14.7 Å². The Morgan fingerprint density at radius 3 is 2.67 bits per heavy atom. The van der Waals surface area contributed by atoms with Gasteiger partial charge in [0.1, 0.15) is 12.4 Å². The molecule has 0 aliphatic carbocycles. The van der Waals surface area contributed by atoms with Crippen LogP contribution < -0.4 is 9.47 Å². The fourth-order valence-electron chi connectivity index (χ4n) is 1.89. The molecule has 0 radical (unpaired) electrons. The summed E-state index contributed by atoms with van der Waals surface area (Å²) in [4.78, 5) is 0. The summed E-state index contributed by atoms with van der Waals surface area (Å²) in [5.74, 6) is 0.344. The summed E-state index contributed by atoms with van der Waals surface area (Å²) in [5.41, 5.74) is 1.14. The maximum absolute atomic E-state index is 13.8. The third kappa shape index (κ3) is 3.30. The molecule has 5 heteroatoms. The smallest absolute Gasteiger partial charge is 0.167 e. The van der Waals surface area contributed by atoms with Gasteiger partial charge in [-0.05, 0) is 18.2 Å². The largest absolute Gasteiger partial charge is 0.493 e. The Kier molecular flexibility index (Phi) is 4.75. The van der Waals surface area contributed by atoms with Crippen molar-refractivity contribution in [3.05, 3.63) is 58.9 Å². The lowest BCUT2D eigenvalue weighted by Crippen LogP contribution is -2.03. The first kappa shape index (κ1) is 14.8. The lowest BCUT2D eigenvalue weighted by atomic mass is 10.1. The molecule has 4 nitrogen and oxygen atoms in total. The molecule has 2 aromatic rings. The predicted octanol–water partition coefficient (Wildman–Crippen LogP) is 2.78. The molecule has 2 rings (SSSR count). The molecule has 108 valence electrons. The number of nitriles is 1. The van der Waals surface area contributed by atoms with Crippen molar-refractivity contribution >= 4 is 0 Å². The lowest BCUT2D eigenvalue weighted by Gasteiger charge is -2.14. The number of halogens is 1. The molecule has 0 saturated heterocycles. The zero-order chi connectivity index (χ0) is 15.2. The van der Waals surface area contributed by atoms with Crippen LogP contribution in [0.2, 0.25) is 0 Å². The highest BCUT2D eigenvalue weighted by Crippen LogP contribution is 2.32. The number of nitrogens with zero attached hydrogens (tertiary/aromatic N) is 1. The SMILES string of the molecule is COc1cccc(CO)c1OCc1ccc(C#N)cc1F. The molecule has 0 aliphatic heterocycles. The van der Waals surface area contributed by atoms with Crippen LogP contribution in [0.25, 0.3) is 0 Å². The van der Waals surface area contributed by atoms with Crippen LogP contribution in [0.3, 0.4) is 0 Å². The topological polar surface area (TPSA) is 62.5 Å². The Morgan fingerprint density at radius 2 is 2.05 bits per heavy atom. The van der Waals surface area contributed by atoms with Crippen molar-refractivity contribution in [2.24, 2.45) is 0 Å². The first-order valence-electron chi connectivity index (χ1n) is 6.27. The number of methoxy groups -OCH3 is 1. The van der Waals surface area contributed by atoms with Crippen molar-refractivity contribution in [3.63, 3.8) is 0 Å². The average Bonchev–Trinajstić information content (AvgIpc) is 2.53. The predicted molar refractivity (Wildman–Crippen MR) is 74.4 cm³/mol.